The number of esters is 1. The Morgan fingerprint density at radius 3 is 2.44 bits per heavy atom. The molecule has 5 nitrogen and oxygen atoms in total. The van der Waals surface area contributed by atoms with Crippen LogP contribution in [0.2, 0.25) is 5.02 Å². The summed E-state index contributed by atoms with van der Waals surface area (Å²) in [6.07, 6.45) is -1.13. The lowest BCUT2D eigenvalue weighted by atomic mass is 10.1. The van der Waals surface area contributed by atoms with E-state index in [1.807, 2.05) is 0 Å². The molecule has 0 bridgehead atoms. The van der Waals surface area contributed by atoms with Gasteiger partial charge in [-0.15, -0.1) is 0 Å². The molecule has 3 rings (SSSR count). The highest BCUT2D eigenvalue weighted by molar-refractivity contribution is 6.30. The van der Waals surface area contributed by atoms with E-state index in [9.17, 15) is 18.0 Å². The smallest absolute Gasteiger partial charge is 0.434 e. The Labute approximate surface area is 159 Å². The van der Waals surface area contributed by atoms with Crippen LogP contribution in [-0.4, -0.2) is 29.0 Å². The van der Waals surface area contributed by atoms with Gasteiger partial charge in [0.1, 0.15) is 12.2 Å². The van der Waals surface area contributed by atoms with Crippen LogP contribution in [-0.2, 0) is 17.5 Å². The normalized spacial score (nSPS) is 14.9. The molecule has 2 heterocycles. The van der Waals surface area contributed by atoms with Gasteiger partial charge in [-0.25, -0.2) is 14.8 Å². The topological polar surface area (TPSA) is 55.3 Å². The Morgan fingerprint density at radius 1 is 1.15 bits per heavy atom. The van der Waals surface area contributed by atoms with Gasteiger partial charge < -0.3 is 9.64 Å². The molecule has 0 atom stereocenters. The van der Waals surface area contributed by atoms with Crippen molar-refractivity contribution in [3.63, 3.8) is 0 Å². The van der Waals surface area contributed by atoms with E-state index in [0.717, 1.165) is 25.5 Å². The number of nitrogens with zero attached hydrogens (tertiary/aromatic N) is 3. The van der Waals surface area contributed by atoms with Crippen molar-refractivity contribution in [2.24, 2.45) is 0 Å². The fourth-order valence-corrected chi connectivity index (χ4v) is 2.92. The largest absolute Gasteiger partial charge is 0.457 e. The highest BCUT2D eigenvalue weighted by Crippen LogP contribution is 2.32. The summed E-state index contributed by atoms with van der Waals surface area (Å²) in [5.74, 6) is -1.14. The molecule has 2 aromatic rings. The molecule has 0 amide bonds. The molecule has 0 saturated carbocycles. The van der Waals surface area contributed by atoms with Gasteiger partial charge >= 0.3 is 12.1 Å². The van der Waals surface area contributed by atoms with E-state index < -0.39 is 23.4 Å². The maximum absolute atomic E-state index is 13.4. The third kappa shape index (κ3) is 4.88. The number of halogens is 4. The van der Waals surface area contributed by atoms with E-state index in [4.69, 9.17) is 16.3 Å². The Balaban J connectivity index is 1.80. The average molecular weight is 400 g/mol. The number of alkyl halides is 3. The van der Waals surface area contributed by atoms with Crippen LogP contribution in [0.3, 0.4) is 0 Å². The first-order chi connectivity index (χ1) is 12.8. The number of hydrogen-bond donors (Lipinski definition) is 0. The van der Waals surface area contributed by atoms with Gasteiger partial charge in [-0.1, -0.05) is 23.7 Å². The number of ether oxygens (including phenoxy) is 1. The number of anilines is 1. The van der Waals surface area contributed by atoms with Gasteiger partial charge in [0.05, 0.1) is 0 Å². The van der Waals surface area contributed by atoms with Crippen LogP contribution >= 0.6 is 11.6 Å². The Bertz CT molecular complexity index is 806. The molecule has 0 spiro atoms. The summed E-state index contributed by atoms with van der Waals surface area (Å²) in [5.41, 5.74) is -1.37. The molecule has 1 aliphatic heterocycles. The zero-order valence-electron chi connectivity index (χ0n) is 14.3. The zero-order valence-corrected chi connectivity index (χ0v) is 15.1. The summed E-state index contributed by atoms with van der Waals surface area (Å²) in [7, 11) is 0. The van der Waals surface area contributed by atoms with Gasteiger partial charge in [0.2, 0.25) is 5.95 Å². The van der Waals surface area contributed by atoms with E-state index in [2.05, 4.69) is 9.97 Å². The lowest BCUT2D eigenvalue weighted by Gasteiger charge is -2.27. The molecule has 1 aromatic carbocycles. The second kappa shape index (κ2) is 8.12. The van der Waals surface area contributed by atoms with Crippen LogP contribution in [0.15, 0.2) is 30.5 Å². The number of carbonyl (C=O) groups is 1. The van der Waals surface area contributed by atoms with Gasteiger partial charge in [0, 0.05) is 24.3 Å². The fourth-order valence-electron chi connectivity index (χ4n) is 2.79. The summed E-state index contributed by atoms with van der Waals surface area (Å²) in [6.45, 7) is 1.01. The Morgan fingerprint density at radius 2 is 1.81 bits per heavy atom. The second-order valence-corrected chi connectivity index (χ2v) is 6.62. The zero-order chi connectivity index (χ0) is 19.4. The van der Waals surface area contributed by atoms with Crippen molar-refractivity contribution in [3.8, 4) is 0 Å². The second-order valence-electron chi connectivity index (χ2n) is 6.18. The predicted octanol–water partition coefficient (Wildman–Crippen LogP) is 4.50. The van der Waals surface area contributed by atoms with Crippen molar-refractivity contribution in [3.05, 3.63) is 52.3 Å². The van der Waals surface area contributed by atoms with Crippen molar-refractivity contribution >= 4 is 23.5 Å². The SMILES string of the molecule is O=C(OCc1ccc(Cl)cc1)c1cnc(N2CCCCC2)nc1C(F)(F)F. The highest BCUT2D eigenvalue weighted by Gasteiger charge is 2.39. The van der Waals surface area contributed by atoms with Crippen molar-refractivity contribution < 1.29 is 22.7 Å². The lowest BCUT2D eigenvalue weighted by molar-refractivity contribution is -0.141. The van der Waals surface area contributed by atoms with E-state index in [-0.39, 0.29) is 12.6 Å². The first kappa shape index (κ1) is 19.4. The molecule has 1 saturated heterocycles. The van der Waals surface area contributed by atoms with Gasteiger partial charge in [-0.3, -0.25) is 0 Å². The summed E-state index contributed by atoms with van der Waals surface area (Å²) < 4.78 is 45.3. The number of hydrogen-bond acceptors (Lipinski definition) is 5. The molecule has 0 unspecified atom stereocenters. The van der Waals surface area contributed by atoms with E-state index in [1.54, 1.807) is 29.2 Å². The molecule has 144 valence electrons. The van der Waals surface area contributed by atoms with Gasteiger partial charge in [0.15, 0.2) is 5.69 Å². The number of piperidine rings is 1. The van der Waals surface area contributed by atoms with Crippen molar-refractivity contribution in [2.45, 2.75) is 32.0 Å². The van der Waals surface area contributed by atoms with Crippen LogP contribution in [0.1, 0.15) is 40.9 Å². The molecule has 9 heteroatoms. The molecule has 1 aliphatic rings. The van der Waals surface area contributed by atoms with Crippen LogP contribution in [0, 0.1) is 0 Å². The standard InChI is InChI=1S/C18H17ClF3N3O2/c19-13-6-4-12(5-7-13)11-27-16(26)14-10-23-17(24-15(14)18(20,21)22)25-8-2-1-3-9-25/h4-7,10H,1-3,8-9,11H2. The van der Waals surface area contributed by atoms with Crippen LogP contribution in [0.4, 0.5) is 19.1 Å². The number of rotatable bonds is 4. The molecule has 0 radical (unpaired) electrons. The van der Waals surface area contributed by atoms with E-state index in [0.29, 0.717) is 23.7 Å². The molecule has 0 aliphatic carbocycles. The minimum absolute atomic E-state index is 0.0173. The van der Waals surface area contributed by atoms with E-state index >= 15 is 0 Å². The number of aromatic nitrogens is 2. The third-order valence-electron chi connectivity index (χ3n) is 4.19. The molecular formula is C18H17ClF3N3O2. The van der Waals surface area contributed by atoms with Crippen LogP contribution in [0.25, 0.3) is 0 Å². The van der Waals surface area contributed by atoms with Crippen LogP contribution < -0.4 is 4.90 Å². The first-order valence-corrected chi connectivity index (χ1v) is 8.83. The summed E-state index contributed by atoms with van der Waals surface area (Å²) >= 11 is 5.77. The first-order valence-electron chi connectivity index (χ1n) is 8.45. The van der Waals surface area contributed by atoms with Crippen molar-refractivity contribution in [2.75, 3.05) is 18.0 Å². The van der Waals surface area contributed by atoms with Gasteiger partial charge in [-0.2, -0.15) is 13.2 Å². The Kier molecular flexibility index (Phi) is 5.84. The Hall–Kier alpha value is -2.35. The monoisotopic (exact) mass is 399 g/mol. The summed E-state index contributed by atoms with van der Waals surface area (Å²) in [4.78, 5) is 21.5. The fraction of sp³-hybridized carbons (Fsp3) is 0.389. The summed E-state index contributed by atoms with van der Waals surface area (Å²) in [5, 5.41) is 0.506. The quantitative estimate of drug-likeness (QED) is 0.709. The molecule has 1 fully saturated rings. The number of benzene rings is 1. The van der Waals surface area contributed by atoms with Crippen LogP contribution in [0.5, 0.6) is 0 Å². The summed E-state index contributed by atoms with van der Waals surface area (Å²) in [6, 6.07) is 6.44. The van der Waals surface area contributed by atoms with Crippen molar-refractivity contribution in [1.82, 2.24) is 9.97 Å². The lowest BCUT2D eigenvalue weighted by Crippen LogP contribution is -2.32. The minimum Gasteiger partial charge on any atom is -0.457 e. The maximum atomic E-state index is 13.4. The molecule has 27 heavy (non-hydrogen) atoms. The third-order valence-corrected chi connectivity index (χ3v) is 4.44. The van der Waals surface area contributed by atoms with Gasteiger partial charge in [-0.05, 0) is 37.0 Å². The number of carbonyl (C=O) groups excluding carboxylic acids is 1. The average Bonchev–Trinajstić information content (AvgIpc) is 2.67. The highest BCUT2D eigenvalue weighted by atomic mass is 35.5. The molecule has 0 N–H and O–H groups in total. The molecular weight excluding hydrogens is 383 g/mol. The van der Waals surface area contributed by atoms with E-state index in [1.165, 1.54) is 0 Å². The van der Waals surface area contributed by atoms with Crippen molar-refractivity contribution in [1.29, 1.82) is 0 Å². The maximum Gasteiger partial charge on any atom is 0.434 e. The molecule has 1 aromatic heterocycles. The minimum atomic E-state index is -4.79. The predicted molar refractivity (Wildman–Crippen MR) is 93.7 cm³/mol. The van der Waals surface area contributed by atoms with Gasteiger partial charge in [0.25, 0.3) is 0 Å².